The first-order valence-electron chi connectivity index (χ1n) is 8.91. The maximum Gasteiger partial charge on any atom is 0.257 e. The standard InChI is InChI=1S/C22H20FN3O/c1-14-12-15(2)24-22(27)21(14)19-13-20(16-8-10-17(23)11-9-16)26(25-19)18-6-4-3-5-7-18/h3-12,20H,13H2,1-2H3,(H,24,27). The maximum atomic E-state index is 13.4. The summed E-state index contributed by atoms with van der Waals surface area (Å²) in [4.78, 5) is 15.4. The van der Waals surface area contributed by atoms with E-state index in [0.29, 0.717) is 12.0 Å². The van der Waals surface area contributed by atoms with Crippen molar-refractivity contribution in [3.8, 4) is 0 Å². The van der Waals surface area contributed by atoms with Gasteiger partial charge in [0.15, 0.2) is 0 Å². The fraction of sp³-hybridized carbons (Fsp3) is 0.182. The molecule has 1 aromatic heterocycles. The number of rotatable bonds is 3. The number of para-hydroxylation sites is 1. The number of hydrogen-bond acceptors (Lipinski definition) is 3. The van der Waals surface area contributed by atoms with Gasteiger partial charge in [-0.05, 0) is 55.3 Å². The van der Waals surface area contributed by atoms with Crippen LogP contribution in [0.15, 0.2) is 70.6 Å². The highest BCUT2D eigenvalue weighted by Gasteiger charge is 2.31. The van der Waals surface area contributed by atoms with E-state index in [1.165, 1.54) is 12.1 Å². The molecule has 0 fully saturated rings. The predicted molar refractivity (Wildman–Crippen MR) is 106 cm³/mol. The number of nitrogens with zero attached hydrogens (tertiary/aromatic N) is 2. The molecule has 1 unspecified atom stereocenters. The Kier molecular flexibility index (Phi) is 4.36. The largest absolute Gasteiger partial charge is 0.326 e. The summed E-state index contributed by atoms with van der Waals surface area (Å²) < 4.78 is 13.4. The molecule has 4 nitrogen and oxygen atoms in total. The smallest absolute Gasteiger partial charge is 0.257 e. The first-order chi connectivity index (χ1) is 13.0. The number of nitrogens with one attached hydrogen (secondary N) is 1. The monoisotopic (exact) mass is 361 g/mol. The van der Waals surface area contributed by atoms with E-state index in [1.807, 2.05) is 55.3 Å². The zero-order valence-electron chi connectivity index (χ0n) is 15.2. The van der Waals surface area contributed by atoms with Crippen molar-refractivity contribution >= 4 is 11.4 Å². The number of aryl methyl sites for hydroxylation is 2. The summed E-state index contributed by atoms with van der Waals surface area (Å²) in [5.74, 6) is -0.269. The molecular weight excluding hydrogens is 341 g/mol. The van der Waals surface area contributed by atoms with Crippen LogP contribution < -0.4 is 10.6 Å². The molecule has 27 heavy (non-hydrogen) atoms. The lowest BCUT2D eigenvalue weighted by molar-refractivity contribution is 0.624. The summed E-state index contributed by atoms with van der Waals surface area (Å²) in [5, 5.41) is 6.71. The summed E-state index contributed by atoms with van der Waals surface area (Å²) in [5.41, 5.74) is 4.86. The second-order valence-electron chi connectivity index (χ2n) is 6.84. The van der Waals surface area contributed by atoms with Crippen LogP contribution in [0.2, 0.25) is 0 Å². The molecule has 0 spiro atoms. The van der Waals surface area contributed by atoms with Gasteiger partial charge in [-0.1, -0.05) is 30.3 Å². The Morgan fingerprint density at radius 1 is 1.07 bits per heavy atom. The fourth-order valence-electron chi connectivity index (χ4n) is 3.64. The van der Waals surface area contributed by atoms with Gasteiger partial charge in [0.2, 0.25) is 0 Å². The summed E-state index contributed by atoms with van der Waals surface area (Å²) in [6, 6.07) is 18.2. The second-order valence-corrected chi connectivity index (χ2v) is 6.84. The number of aromatic amines is 1. The molecule has 0 aliphatic carbocycles. The van der Waals surface area contributed by atoms with Gasteiger partial charge >= 0.3 is 0 Å². The molecule has 5 heteroatoms. The average molecular weight is 361 g/mol. The van der Waals surface area contributed by atoms with Gasteiger partial charge in [-0.2, -0.15) is 5.10 Å². The highest BCUT2D eigenvalue weighted by molar-refractivity contribution is 6.04. The third kappa shape index (κ3) is 3.28. The number of H-pyrrole nitrogens is 1. The molecule has 2 aromatic carbocycles. The number of aromatic nitrogens is 1. The molecule has 3 aromatic rings. The van der Waals surface area contributed by atoms with Crippen LogP contribution in [0, 0.1) is 19.7 Å². The van der Waals surface area contributed by atoms with Crippen molar-refractivity contribution in [1.29, 1.82) is 0 Å². The van der Waals surface area contributed by atoms with Crippen LogP contribution in [0.1, 0.15) is 34.8 Å². The molecule has 1 N–H and O–H groups in total. The minimum atomic E-state index is -0.269. The van der Waals surface area contributed by atoms with Crippen LogP contribution in [0.4, 0.5) is 10.1 Å². The molecule has 1 aliphatic rings. The average Bonchev–Trinajstić information content (AvgIpc) is 3.07. The number of hydrogen-bond donors (Lipinski definition) is 1. The van der Waals surface area contributed by atoms with Crippen LogP contribution in [0.5, 0.6) is 0 Å². The maximum absolute atomic E-state index is 13.4. The SMILES string of the molecule is Cc1cc(C)c(C2=NN(c3ccccc3)C(c3ccc(F)cc3)C2)c(=O)[nH]1. The molecule has 2 heterocycles. The van der Waals surface area contributed by atoms with Gasteiger partial charge in [0.1, 0.15) is 5.82 Å². The summed E-state index contributed by atoms with van der Waals surface area (Å²) in [7, 11) is 0. The third-order valence-electron chi connectivity index (χ3n) is 4.84. The fourth-order valence-corrected chi connectivity index (χ4v) is 3.64. The summed E-state index contributed by atoms with van der Waals surface area (Å²) in [6.45, 7) is 3.80. The molecule has 0 bridgehead atoms. The molecule has 136 valence electrons. The van der Waals surface area contributed by atoms with Crippen LogP contribution in [-0.2, 0) is 0 Å². The molecule has 0 saturated carbocycles. The van der Waals surface area contributed by atoms with Crippen molar-refractivity contribution in [2.45, 2.75) is 26.3 Å². The van der Waals surface area contributed by atoms with Crippen molar-refractivity contribution in [3.63, 3.8) is 0 Å². The summed E-state index contributed by atoms with van der Waals surface area (Å²) in [6.07, 6.45) is 0.577. The summed E-state index contributed by atoms with van der Waals surface area (Å²) >= 11 is 0. The Hall–Kier alpha value is -3.21. The van der Waals surface area contributed by atoms with Gasteiger partial charge in [0.05, 0.1) is 23.0 Å². The van der Waals surface area contributed by atoms with E-state index in [-0.39, 0.29) is 17.4 Å². The van der Waals surface area contributed by atoms with Gasteiger partial charge in [-0.15, -0.1) is 0 Å². The first kappa shape index (κ1) is 17.2. The zero-order chi connectivity index (χ0) is 19.0. The Balaban J connectivity index is 1.81. The number of anilines is 1. The molecule has 1 aliphatic heterocycles. The van der Waals surface area contributed by atoms with Crippen molar-refractivity contribution in [1.82, 2.24) is 4.98 Å². The highest BCUT2D eigenvalue weighted by Crippen LogP contribution is 2.36. The third-order valence-corrected chi connectivity index (χ3v) is 4.84. The molecule has 1 atom stereocenters. The van der Waals surface area contributed by atoms with Gasteiger partial charge in [0.25, 0.3) is 5.56 Å². The van der Waals surface area contributed by atoms with Crippen molar-refractivity contribution < 1.29 is 4.39 Å². The van der Waals surface area contributed by atoms with Gasteiger partial charge < -0.3 is 4.98 Å². The van der Waals surface area contributed by atoms with Gasteiger partial charge in [0, 0.05) is 12.1 Å². The second kappa shape index (κ2) is 6.83. The Labute approximate surface area is 157 Å². The van der Waals surface area contributed by atoms with Crippen LogP contribution in [0.3, 0.4) is 0 Å². The highest BCUT2D eigenvalue weighted by atomic mass is 19.1. The van der Waals surface area contributed by atoms with Crippen molar-refractivity contribution in [2.75, 3.05) is 5.01 Å². The molecule has 0 amide bonds. The van der Waals surface area contributed by atoms with E-state index < -0.39 is 0 Å². The number of pyridine rings is 1. The molecule has 0 radical (unpaired) electrons. The Morgan fingerprint density at radius 3 is 2.44 bits per heavy atom. The topological polar surface area (TPSA) is 48.5 Å². The van der Waals surface area contributed by atoms with E-state index in [9.17, 15) is 9.18 Å². The lowest BCUT2D eigenvalue weighted by atomic mass is 9.96. The number of halogens is 1. The zero-order valence-corrected chi connectivity index (χ0v) is 15.2. The van der Waals surface area contributed by atoms with Gasteiger partial charge in [-0.25, -0.2) is 4.39 Å². The van der Waals surface area contributed by atoms with Crippen molar-refractivity contribution in [3.05, 3.63) is 99.2 Å². The van der Waals surface area contributed by atoms with E-state index in [4.69, 9.17) is 5.10 Å². The van der Waals surface area contributed by atoms with E-state index in [1.54, 1.807) is 12.1 Å². The van der Waals surface area contributed by atoms with Gasteiger partial charge in [-0.3, -0.25) is 9.80 Å². The molecular formula is C22H20FN3O. The quantitative estimate of drug-likeness (QED) is 0.747. The first-order valence-corrected chi connectivity index (χ1v) is 8.91. The lowest BCUT2D eigenvalue weighted by Gasteiger charge is -2.23. The van der Waals surface area contributed by atoms with E-state index in [2.05, 4.69) is 4.98 Å². The van der Waals surface area contributed by atoms with Crippen LogP contribution in [0.25, 0.3) is 0 Å². The molecule has 0 saturated heterocycles. The Bertz CT molecular complexity index is 1060. The normalized spacial score (nSPS) is 16.5. The minimum absolute atomic E-state index is 0.0943. The number of hydrazone groups is 1. The molecule has 4 rings (SSSR count). The minimum Gasteiger partial charge on any atom is -0.326 e. The Morgan fingerprint density at radius 2 is 1.78 bits per heavy atom. The number of benzene rings is 2. The van der Waals surface area contributed by atoms with E-state index in [0.717, 1.165) is 28.2 Å². The van der Waals surface area contributed by atoms with Crippen LogP contribution in [-0.4, -0.2) is 10.7 Å². The van der Waals surface area contributed by atoms with E-state index >= 15 is 0 Å². The lowest BCUT2D eigenvalue weighted by Crippen LogP contribution is -2.20. The van der Waals surface area contributed by atoms with Crippen LogP contribution >= 0.6 is 0 Å². The predicted octanol–water partition coefficient (Wildman–Crippen LogP) is 4.49. The van der Waals surface area contributed by atoms with Crippen molar-refractivity contribution in [2.24, 2.45) is 5.10 Å².